The first-order valence-electron chi connectivity index (χ1n) is 7.42. The second-order valence-corrected chi connectivity index (χ2v) is 5.40. The maximum Gasteiger partial charge on any atom is 0.279 e. The van der Waals surface area contributed by atoms with Gasteiger partial charge in [0.05, 0.1) is 24.3 Å². The zero-order valence-electron chi connectivity index (χ0n) is 11.8. The molecule has 4 nitrogen and oxygen atoms in total. The van der Waals surface area contributed by atoms with E-state index in [9.17, 15) is 4.79 Å². The number of anilines is 1. The van der Waals surface area contributed by atoms with Gasteiger partial charge in [0.25, 0.3) is 5.91 Å². The van der Waals surface area contributed by atoms with Crippen molar-refractivity contribution in [3.8, 4) is 6.07 Å². The fraction of sp³-hybridized carbons (Fsp3) is 0.500. The van der Waals surface area contributed by atoms with Crippen molar-refractivity contribution in [3.05, 3.63) is 29.8 Å². The molecule has 0 spiro atoms. The molecule has 0 aliphatic carbocycles. The number of hydrogen-bond donors (Lipinski definition) is 2. The number of nitrogens with one attached hydrogen (secondary N) is 2. The van der Waals surface area contributed by atoms with Crippen molar-refractivity contribution in [1.82, 2.24) is 0 Å². The normalized spacial score (nSPS) is 16.8. The van der Waals surface area contributed by atoms with E-state index in [-0.39, 0.29) is 5.91 Å². The predicted octanol–water partition coefficient (Wildman–Crippen LogP) is 1.35. The van der Waals surface area contributed by atoms with E-state index in [4.69, 9.17) is 5.26 Å². The quantitative estimate of drug-likeness (QED) is 0.872. The van der Waals surface area contributed by atoms with E-state index in [1.165, 1.54) is 37.0 Å². The van der Waals surface area contributed by atoms with Crippen LogP contribution in [0.1, 0.15) is 37.7 Å². The molecule has 0 bridgehead atoms. The van der Waals surface area contributed by atoms with Crippen LogP contribution in [-0.2, 0) is 4.79 Å². The number of likely N-dealkylation sites (tertiary alicyclic amines) is 1. The fourth-order valence-electron chi connectivity index (χ4n) is 2.69. The second kappa shape index (κ2) is 7.66. The van der Waals surface area contributed by atoms with Gasteiger partial charge in [0.2, 0.25) is 0 Å². The van der Waals surface area contributed by atoms with E-state index in [0.29, 0.717) is 17.8 Å². The Morgan fingerprint density at radius 1 is 1.15 bits per heavy atom. The molecule has 2 N–H and O–H groups in total. The van der Waals surface area contributed by atoms with Gasteiger partial charge < -0.3 is 10.2 Å². The standard InChI is InChI=1S/C16H21N3O/c17-12-14-8-4-5-9-15(14)18-16(20)13-19-10-6-2-1-3-7-11-19/h4-5,8-9H,1-3,6-7,10-11,13H2,(H,18,20)/p+1. The van der Waals surface area contributed by atoms with Crippen molar-refractivity contribution in [2.45, 2.75) is 32.1 Å². The van der Waals surface area contributed by atoms with Crippen molar-refractivity contribution >= 4 is 11.6 Å². The summed E-state index contributed by atoms with van der Waals surface area (Å²) in [4.78, 5) is 13.5. The second-order valence-electron chi connectivity index (χ2n) is 5.40. The third-order valence-corrected chi connectivity index (χ3v) is 3.79. The minimum Gasteiger partial charge on any atom is -0.327 e. The Balaban J connectivity index is 1.89. The lowest BCUT2D eigenvalue weighted by Crippen LogP contribution is -3.13. The van der Waals surface area contributed by atoms with Crippen LogP contribution in [0, 0.1) is 11.3 Å². The summed E-state index contributed by atoms with van der Waals surface area (Å²) in [5.41, 5.74) is 1.13. The van der Waals surface area contributed by atoms with Gasteiger partial charge in [0.1, 0.15) is 6.07 Å². The summed E-state index contributed by atoms with van der Waals surface area (Å²) in [6.07, 6.45) is 6.30. The number of hydrogen-bond acceptors (Lipinski definition) is 2. The number of nitrogens with zero attached hydrogens (tertiary/aromatic N) is 1. The fourth-order valence-corrected chi connectivity index (χ4v) is 2.69. The summed E-state index contributed by atoms with van der Waals surface area (Å²) < 4.78 is 0. The van der Waals surface area contributed by atoms with Crippen LogP contribution in [0.2, 0.25) is 0 Å². The molecule has 0 radical (unpaired) electrons. The van der Waals surface area contributed by atoms with E-state index in [0.717, 1.165) is 13.1 Å². The first kappa shape index (κ1) is 14.5. The third kappa shape index (κ3) is 4.36. The molecule has 2 rings (SSSR count). The smallest absolute Gasteiger partial charge is 0.279 e. The van der Waals surface area contributed by atoms with E-state index in [1.54, 1.807) is 18.2 Å². The Kier molecular flexibility index (Phi) is 5.57. The Morgan fingerprint density at radius 3 is 2.50 bits per heavy atom. The van der Waals surface area contributed by atoms with Gasteiger partial charge in [-0.05, 0) is 37.8 Å². The highest BCUT2D eigenvalue weighted by Crippen LogP contribution is 2.12. The van der Waals surface area contributed by atoms with Crippen LogP contribution >= 0.6 is 0 Å². The monoisotopic (exact) mass is 272 g/mol. The number of quaternary nitrogens is 1. The molecule has 1 aromatic rings. The largest absolute Gasteiger partial charge is 0.327 e. The van der Waals surface area contributed by atoms with Crippen LogP contribution < -0.4 is 10.2 Å². The van der Waals surface area contributed by atoms with E-state index in [2.05, 4.69) is 11.4 Å². The van der Waals surface area contributed by atoms with Crippen molar-refractivity contribution < 1.29 is 9.69 Å². The summed E-state index contributed by atoms with van der Waals surface area (Å²) in [7, 11) is 0. The average Bonchev–Trinajstić information content (AvgIpc) is 2.42. The highest BCUT2D eigenvalue weighted by atomic mass is 16.2. The Hall–Kier alpha value is -1.86. The van der Waals surface area contributed by atoms with Gasteiger partial charge in [-0.1, -0.05) is 18.6 Å². The molecule has 1 fully saturated rings. The maximum atomic E-state index is 12.1. The first-order valence-corrected chi connectivity index (χ1v) is 7.42. The Morgan fingerprint density at radius 2 is 1.80 bits per heavy atom. The number of carbonyl (C=O) groups is 1. The van der Waals surface area contributed by atoms with Crippen molar-refractivity contribution in [2.24, 2.45) is 0 Å². The number of rotatable bonds is 3. The van der Waals surface area contributed by atoms with Crippen molar-refractivity contribution in [1.29, 1.82) is 5.26 Å². The lowest BCUT2D eigenvalue weighted by Gasteiger charge is -2.21. The molecule has 4 heteroatoms. The highest BCUT2D eigenvalue weighted by molar-refractivity contribution is 5.92. The number of para-hydroxylation sites is 1. The van der Waals surface area contributed by atoms with Crippen LogP contribution in [0.5, 0.6) is 0 Å². The van der Waals surface area contributed by atoms with Gasteiger partial charge in [0.15, 0.2) is 6.54 Å². The molecular weight excluding hydrogens is 250 g/mol. The zero-order chi connectivity index (χ0) is 14.2. The Bertz CT molecular complexity index is 485. The molecule has 1 amide bonds. The van der Waals surface area contributed by atoms with Gasteiger partial charge in [-0.3, -0.25) is 4.79 Å². The van der Waals surface area contributed by atoms with E-state index >= 15 is 0 Å². The minimum atomic E-state index is 0.00303. The van der Waals surface area contributed by atoms with E-state index < -0.39 is 0 Å². The van der Waals surface area contributed by atoms with Crippen LogP contribution in [0.4, 0.5) is 5.69 Å². The molecule has 1 saturated heterocycles. The van der Waals surface area contributed by atoms with Crippen molar-refractivity contribution in [2.75, 3.05) is 25.0 Å². The van der Waals surface area contributed by atoms with Gasteiger partial charge in [-0.15, -0.1) is 0 Å². The average molecular weight is 272 g/mol. The predicted molar refractivity (Wildman–Crippen MR) is 78.4 cm³/mol. The summed E-state index contributed by atoms with van der Waals surface area (Å²) in [6.45, 7) is 2.65. The minimum absolute atomic E-state index is 0.00303. The first-order chi connectivity index (χ1) is 9.79. The zero-order valence-corrected chi connectivity index (χ0v) is 11.8. The maximum absolute atomic E-state index is 12.1. The molecule has 1 aliphatic heterocycles. The molecule has 20 heavy (non-hydrogen) atoms. The van der Waals surface area contributed by atoms with Crippen LogP contribution in [0.25, 0.3) is 0 Å². The molecule has 1 heterocycles. The molecule has 106 valence electrons. The van der Waals surface area contributed by atoms with Crippen molar-refractivity contribution in [3.63, 3.8) is 0 Å². The summed E-state index contributed by atoms with van der Waals surface area (Å²) >= 11 is 0. The molecule has 0 unspecified atom stereocenters. The molecule has 0 aromatic heterocycles. The molecule has 1 aromatic carbocycles. The summed E-state index contributed by atoms with van der Waals surface area (Å²) in [5, 5.41) is 11.9. The molecular formula is C16H22N3O+. The lowest BCUT2D eigenvalue weighted by atomic mass is 10.1. The third-order valence-electron chi connectivity index (χ3n) is 3.79. The summed E-state index contributed by atoms with van der Waals surface area (Å²) in [6, 6.07) is 9.24. The van der Waals surface area contributed by atoms with Gasteiger partial charge in [0, 0.05) is 0 Å². The van der Waals surface area contributed by atoms with Crippen LogP contribution in [0.3, 0.4) is 0 Å². The molecule has 0 atom stereocenters. The van der Waals surface area contributed by atoms with E-state index in [1.807, 2.05) is 6.07 Å². The number of nitriles is 1. The topological polar surface area (TPSA) is 57.3 Å². The molecule has 0 saturated carbocycles. The Labute approximate surface area is 120 Å². The number of amides is 1. The highest BCUT2D eigenvalue weighted by Gasteiger charge is 2.16. The number of carbonyl (C=O) groups excluding carboxylic acids is 1. The summed E-state index contributed by atoms with van der Waals surface area (Å²) in [5.74, 6) is 0.00303. The van der Waals surface area contributed by atoms with Crippen LogP contribution in [-0.4, -0.2) is 25.5 Å². The van der Waals surface area contributed by atoms with Gasteiger partial charge in [-0.25, -0.2) is 0 Å². The van der Waals surface area contributed by atoms with Gasteiger partial charge in [-0.2, -0.15) is 5.26 Å². The lowest BCUT2D eigenvalue weighted by molar-refractivity contribution is -0.892. The number of benzene rings is 1. The van der Waals surface area contributed by atoms with Crippen LogP contribution in [0.15, 0.2) is 24.3 Å². The van der Waals surface area contributed by atoms with Gasteiger partial charge >= 0.3 is 0 Å². The SMILES string of the molecule is N#Cc1ccccc1NC(=O)C[NH+]1CCCCCCC1. The molecule has 1 aliphatic rings.